The zero-order valence-electron chi connectivity index (χ0n) is 15.4. The fourth-order valence-electron chi connectivity index (χ4n) is 2.61. The number of aryl methyl sites for hydroxylation is 1. The van der Waals surface area contributed by atoms with Gasteiger partial charge in [-0.3, -0.25) is 0 Å². The molecule has 136 valence electrons. The molecule has 0 radical (unpaired) electrons. The summed E-state index contributed by atoms with van der Waals surface area (Å²) in [6.45, 7) is 8.04. The van der Waals surface area contributed by atoms with Crippen LogP contribution in [0.2, 0.25) is 0 Å². The van der Waals surface area contributed by atoms with Crippen LogP contribution in [-0.2, 0) is 13.2 Å². The predicted molar refractivity (Wildman–Crippen MR) is 101 cm³/mol. The van der Waals surface area contributed by atoms with Gasteiger partial charge < -0.3 is 19.9 Å². The molecule has 0 aliphatic rings. The second-order valence-corrected chi connectivity index (χ2v) is 6.16. The fraction of sp³-hybridized carbons (Fsp3) is 0.429. The van der Waals surface area contributed by atoms with E-state index >= 15 is 0 Å². The Balaban J connectivity index is 2.04. The summed E-state index contributed by atoms with van der Waals surface area (Å²) in [7, 11) is 0. The molecule has 0 unspecified atom stereocenters. The van der Waals surface area contributed by atoms with Crippen LogP contribution in [0.1, 0.15) is 37.0 Å². The number of benzene rings is 2. The topological polar surface area (TPSA) is 50.7 Å². The van der Waals surface area contributed by atoms with E-state index in [0.717, 1.165) is 29.0 Å². The van der Waals surface area contributed by atoms with Gasteiger partial charge in [-0.2, -0.15) is 0 Å². The van der Waals surface area contributed by atoms with Crippen LogP contribution in [0.25, 0.3) is 0 Å². The van der Waals surface area contributed by atoms with E-state index in [0.29, 0.717) is 19.8 Å². The van der Waals surface area contributed by atoms with Crippen molar-refractivity contribution in [3.8, 4) is 11.5 Å². The van der Waals surface area contributed by atoms with E-state index in [-0.39, 0.29) is 12.6 Å². The number of aliphatic hydroxyl groups excluding tert-OH is 1. The molecular weight excluding hydrogens is 314 g/mol. The van der Waals surface area contributed by atoms with Gasteiger partial charge in [0.25, 0.3) is 0 Å². The van der Waals surface area contributed by atoms with E-state index in [2.05, 4.69) is 37.4 Å². The standard InChI is InChI=1S/C21H29NO3/c1-4-19(14-23)22-13-17-9-10-20(21(12-17)24-5-2)25-15-18-8-6-7-16(3)11-18/h6-12,19,22-23H,4-5,13-15H2,1-3H3/t19-/m0/s1. The predicted octanol–water partition coefficient (Wildman–Crippen LogP) is 3.83. The zero-order chi connectivity index (χ0) is 18.1. The molecule has 2 N–H and O–H groups in total. The summed E-state index contributed by atoms with van der Waals surface area (Å²) >= 11 is 0. The Morgan fingerprint density at radius 2 is 1.84 bits per heavy atom. The van der Waals surface area contributed by atoms with Crippen molar-refractivity contribution in [1.29, 1.82) is 0 Å². The van der Waals surface area contributed by atoms with Crippen molar-refractivity contribution in [1.82, 2.24) is 5.32 Å². The Kier molecular flexibility index (Phi) is 7.76. The summed E-state index contributed by atoms with van der Waals surface area (Å²) in [4.78, 5) is 0. The van der Waals surface area contributed by atoms with Gasteiger partial charge in [0, 0.05) is 12.6 Å². The molecule has 0 saturated heterocycles. The van der Waals surface area contributed by atoms with Crippen molar-refractivity contribution in [3.63, 3.8) is 0 Å². The van der Waals surface area contributed by atoms with Crippen LogP contribution >= 0.6 is 0 Å². The van der Waals surface area contributed by atoms with Gasteiger partial charge in [-0.25, -0.2) is 0 Å². The molecule has 0 fully saturated rings. The molecule has 0 spiro atoms. The van der Waals surface area contributed by atoms with Gasteiger partial charge in [0.2, 0.25) is 0 Å². The highest BCUT2D eigenvalue weighted by molar-refractivity contribution is 5.43. The van der Waals surface area contributed by atoms with Gasteiger partial charge in [0.05, 0.1) is 13.2 Å². The summed E-state index contributed by atoms with van der Waals surface area (Å²) in [5.41, 5.74) is 3.47. The van der Waals surface area contributed by atoms with Gasteiger partial charge in [-0.05, 0) is 43.5 Å². The summed E-state index contributed by atoms with van der Waals surface area (Å²) < 4.78 is 11.7. The smallest absolute Gasteiger partial charge is 0.161 e. The lowest BCUT2D eigenvalue weighted by atomic mass is 10.1. The van der Waals surface area contributed by atoms with Gasteiger partial charge in [0.1, 0.15) is 6.61 Å². The zero-order valence-corrected chi connectivity index (χ0v) is 15.4. The van der Waals surface area contributed by atoms with Gasteiger partial charge >= 0.3 is 0 Å². The van der Waals surface area contributed by atoms with E-state index in [4.69, 9.17) is 9.47 Å². The minimum absolute atomic E-state index is 0.118. The quantitative estimate of drug-likeness (QED) is 0.688. The lowest BCUT2D eigenvalue weighted by Crippen LogP contribution is -2.31. The van der Waals surface area contributed by atoms with Crippen molar-refractivity contribution >= 4 is 0 Å². The molecule has 0 aromatic heterocycles. The first-order valence-electron chi connectivity index (χ1n) is 8.94. The molecule has 0 amide bonds. The Morgan fingerprint density at radius 1 is 1.00 bits per heavy atom. The Bertz CT molecular complexity index is 653. The van der Waals surface area contributed by atoms with Crippen molar-refractivity contribution < 1.29 is 14.6 Å². The number of aliphatic hydroxyl groups is 1. The molecule has 4 heteroatoms. The lowest BCUT2D eigenvalue weighted by molar-refractivity contribution is 0.238. The monoisotopic (exact) mass is 343 g/mol. The molecule has 1 atom stereocenters. The summed E-state index contributed by atoms with van der Waals surface area (Å²) in [5.74, 6) is 1.51. The number of nitrogens with one attached hydrogen (secondary N) is 1. The SMILES string of the molecule is CCOc1cc(CN[C@@H](CC)CO)ccc1OCc1cccc(C)c1. The van der Waals surface area contributed by atoms with Crippen LogP contribution in [0, 0.1) is 6.92 Å². The second kappa shape index (κ2) is 10.1. The van der Waals surface area contributed by atoms with E-state index in [1.54, 1.807) is 0 Å². The maximum absolute atomic E-state index is 9.28. The minimum atomic E-state index is 0.118. The number of hydrogen-bond donors (Lipinski definition) is 2. The lowest BCUT2D eigenvalue weighted by Gasteiger charge is -2.16. The molecule has 2 aromatic carbocycles. The highest BCUT2D eigenvalue weighted by atomic mass is 16.5. The fourth-order valence-corrected chi connectivity index (χ4v) is 2.61. The van der Waals surface area contributed by atoms with Crippen LogP contribution in [0.5, 0.6) is 11.5 Å². The van der Waals surface area contributed by atoms with E-state index < -0.39 is 0 Å². The highest BCUT2D eigenvalue weighted by Gasteiger charge is 2.09. The molecule has 0 bridgehead atoms. The van der Waals surface area contributed by atoms with Crippen LogP contribution < -0.4 is 14.8 Å². The number of hydrogen-bond acceptors (Lipinski definition) is 4. The second-order valence-electron chi connectivity index (χ2n) is 6.16. The van der Waals surface area contributed by atoms with Crippen LogP contribution in [0.15, 0.2) is 42.5 Å². The maximum atomic E-state index is 9.28. The molecular formula is C21H29NO3. The van der Waals surface area contributed by atoms with E-state index in [9.17, 15) is 5.11 Å². The first-order chi connectivity index (χ1) is 12.2. The van der Waals surface area contributed by atoms with E-state index in [1.165, 1.54) is 5.56 Å². The molecule has 2 aromatic rings. The van der Waals surface area contributed by atoms with E-state index in [1.807, 2.05) is 31.2 Å². The van der Waals surface area contributed by atoms with Crippen molar-refractivity contribution in [2.45, 2.75) is 46.4 Å². The average Bonchev–Trinajstić information content (AvgIpc) is 2.62. The normalized spacial score (nSPS) is 12.0. The first kappa shape index (κ1) is 19.3. The average molecular weight is 343 g/mol. The van der Waals surface area contributed by atoms with Crippen LogP contribution in [0.4, 0.5) is 0 Å². The summed E-state index contributed by atoms with van der Waals surface area (Å²) in [6, 6.07) is 14.4. The Hall–Kier alpha value is -2.04. The van der Waals surface area contributed by atoms with Gasteiger partial charge in [-0.1, -0.05) is 42.8 Å². The van der Waals surface area contributed by atoms with Gasteiger partial charge in [0.15, 0.2) is 11.5 Å². The van der Waals surface area contributed by atoms with Crippen molar-refractivity contribution in [2.24, 2.45) is 0 Å². The van der Waals surface area contributed by atoms with Crippen molar-refractivity contribution in [3.05, 3.63) is 59.2 Å². The molecule has 2 rings (SSSR count). The van der Waals surface area contributed by atoms with Crippen LogP contribution in [0.3, 0.4) is 0 Å². The third kappa shape index (κ3) is 6.07. The summed E-state index contributed by atoms with van der Waals surface area (Å²) in [5, 5.41) is 12.6. The molecule has 0 saturated carbocycles. The Morgan fingerprint density at radius 3 is 2.52 bits per heavy atom. The highest BCUT2D eigenvalue weighted by Crippen LogP contribution is 2.29. The third-order valence-corrected chi connectivity index (χ3v) is 4.09. The van der Waals surface area contributed by atoms with Crippen molar-refractivity contribution in [2.75, 3.05) is 13.2 Å². The molecule has 0 aliphatic carbocycles. The largest absolute Gasteiger partial charge is 0.490 e. The minimum Gasteiger partial charge on any atom is -0.490 e. The Labute approximate surface area is 150 Å². The molecule has 25 heavy (non-hydrogen) atoms. The molecule has 0 aliphatic heterocycles. The molecule has 0 heterocycles. The van der Waals surface area contributed by atoms with Gasteiger partial charge in [-0.15, -0.1) is 0 Å². The third-order valence-electron chi connectivity index (χ3n) is 4.09. The summed E-state index contributed by atoms with van der Waals surface area (Å²) in [6.07, 6.45) is 0.895. The first-order valence-corrected chi connectivity index (χ1v) is 8.94. The van der Waals surface area contributed by atoms with Crippen LogP contribution in [-0.4, -0.2) is 24.4 Å². The maximum Gasteiger partial charge on any atom is 0.161 e. The number of rotatable bonds is 10. The molecule has 4 nitrogen and oxygen atoms in total. The number of ether oxygens (including phenoxy) is 2.